The van der Waals surface area contributed by atoms with E-state index < -0.39 is 50.3 Å². The van der Waals surface area contributed by atoms with Crippen LogP contribution in [-0.2, 0) is 38.1 Å². The summed E-state index contributed by atoms with van der Waals surface area (Å²) in [6, 6.07) is 14.1. The van der Waals surface area contributed by atoms with Crippen LogP contribution in [0.1, 0.15) is 114 Å². The number of imide groups is 2. The number of hydrogen-bond donors (Lipinski definition) is 4. The molecule has 11 rings (SSSR count). The topological polar surface area (TPSA) is 257 Å². The first-order chi connectivity index (χ1) is 37.2. The van der Waals surface area contributed by atoms with Gasteiger partial charge in [0.15, 0.2) is 0 Å². The highest BCUT2D eigenvalue weighted by Crippen LogP contribution is 2.43. The number of likely N-dealkylation sites (tertiary alicyclic amines) is 1. The number of nitrogens with zero attached hydrogens (tertiary/aromatic N) is 10. The second kappa shape index (κ2) is 20.3. The molecule has 4 aromatic heterocycles. The van der Waals surface area contributed by atoms with Gasteiger partial charge in [-0.25, -0.2) is 19.5 Å². The van der Waals surface area contributed by atoms with Crippen LogP contribution in [0.15, 0.2) is 67.1 Å². The number of hydrogen-bond acceptors (Lipinski definition) is 16. The maximum absolute atomic E-state index is 14.1. The normalized spacial score (nSPS) is 23.0. The molecule has 9 heterocycles. The van der Waals surface area contributed by atoms with Gasteiger partial charge in [-0.05, 0) is 118 Å². The molecule has 78 heavy (non-hydrogen) atoms. The average molecular weight is 1090 g/mol. The van der Waals surface area contributed by atoms with Gasteiger partial charge in [-0.2, -0.15) is 0 Å². The summed E-state index contributed by atoms with van der Waals surface area (Å²) in [6.07, 6.45) is 7.55. The van der Waals surface area contributed by atoms with Gasteiger partial charge in [0.25, 0.3) is 23.6 Å². The third-order valence-corrected chi connectivity index (χ3v) is 16.8. The van der Waals surface area contributed by atoms with Crippen LogP contribution in [0.4, 0.5) is 28.7 Å². The fourth-order valence-corrected chi connectivity index (χ4v) is 12.9. The highest BCUT2D eigenvalue weighted by molar-refractivity contribution is 7.46. The number of carbonyl (C=O) groups is 5. The highest BCUT2D eigenvalue weighted by Gasteiger charge is 2.48. The van der Waals surface area contributed by atoms with Crippen molar-refractivity contribution in [3.05, 3.63) is 101 Å². The smallest absolute Gasteiger partial charge is 0.471 e. The van der Waals surface area contributed by atoms with Gasteiger partial charge in [-0.3, -0.25) is 48.1 Å². The molecule has 2 unspecified atom stereocenters. The fraction of sp³-hybridized carbons (Fsp3) is 0.455. The molecule has 3 saturated heterocycles. The van der Waals surface area contributed by atoms with Crippen molar-refractivity contribution >= 4 is 66.1 Å². The number of benzene rings is 1. The molecule has 1 aromatic carbocycles. The number of piperidine rings is 2. The van der Waals surface area contributed by atoms with E-state index in [0.29, 0.717) is 76.2 Å². The second-order valence-corrected chi connectivity index (χ2v) is 23.4. The molecule has 23 heteroatoms. The Kier molecular flexibility index (Phi) is 13.8. The summed E-state index contributed by atoms with van der Waals surface area (Å²) in [7, 11) is -3.46. The van der Waals surface area contributed by atoms with Crippen molar-refractivity contribution in [2.45, 2.75) is 110 Å². The number of phosphoric acid groups is 1. The van der Waals surface area contributed by atoms with Crippen LogP contribution in [0.5, 0.6) is 5.88 Å². The Labute approximate surface area is 451 Å². The molecular weight excluding hydrogens is 1020 g/mol. The van der Waals surface area contributed by atoms with E-state index in [1.54, 1.807) is 43.5 Å². The molecule has 22 nitrogen and oxygen atoms in total. The first-order valence-electron chi connectivity index (χ1n) is 26.5. The zero-order chi connectivity index (χ0) is 55.1. The summed E-state index contributed by atoms with van der Waals surface area (Å²) in [4.78, 5) is 110. The molecule has 5 aromatic rings. The van der Waals surface area contributed by atoms with E-state index in [4.69, 9.17) is 19.5 Å². The minimum absolute atomic E-state index is 0.0985. The molecular formula is C55H64N11O11P. The molecule has 0 saturated carbocycles. The maximum atomic E-state index is 14.1. The van der Waals surface area contributed by atoms with Crippen molar-refractivity contribution in [1.82, 2.24) is 34.2 Å². The number of carbonyl (C=O) groups excluding carboxylic acids is 5. The van der Waals surface area contributed by atoms with Crippen LogP contribution < -0.4 is 24.8 Å². The van der Waals surface area contributed by atoms with E-state index in [1.165, 1.54) is 11.3 Å². The molecule has 5 amide bonds. The Morgan fingerprint density at radius 3 is 2.31 bits per heavy atom. The Balaban J connectivity index is 0.717. The predicted molar refractivity (Wildman–Crippen MR) is 287 cm³/mol. The number of pyridine rings is 3. The summed E-state index contributed by atoms with van der Waals surface area (Å²) in [5, 5.41) is 14.7. The molecule has 0 radical (unpaired) electrons. The van der Waals surface area contributed by atoms with Crippen molar-refractivity contribution in [1.29, 1.82) is 0 Å². The van der Waals surface area contributed by atoms with Crippen molar-refractivity contribution in [2.75, 3.05) is 66.6 Å². The zero-order valence-corrected chi connectivity index (χ0v) is 45.4. The van der Waals surface area contributed by atoms with Gasteiger partial charge >= 0.3 is 7.82 Å². The highest BCUT2D eigenvalue weighted by atomic mass is 31.2. The van der Waals surface area contributed by atoms with Crippen LogP contribution in [0, 0.1) is 5.41 Å². The van der Waals surface area contributed by atoms with E-state index in [1.807, 2.05) is 36.5 Å². The number of amides is 5. The van der Waals surface area contributed by atoms with Crippen LogP contribution in [0.2, 0.25) is 0 Å². The molecule has 3 fully saturated rings. The molecule has 1 aliphatic carbocycles. The van der Waals surface area contributed by atoms with Crippen LogP contribution >= 0.6 is 7.82 Å². The lowest BCUT2D eigenvalue weighted by Crippen LogP contribution is -2.58. The van der Waals surface area contributed by atoms with Gasteiger partial charge in [0.1, 0.15) is 35.8 Å². The van der Waals surface area contributed by atoms with Crippen molar-refractivity contribution < 1.29 is 52.7 Å². The number of ether oxygens (including phenoxy) is 1. The van der Waals surface area contributed by atoms with Crippen LogP contribution in [0.3, 0.4) is 0 Å². The van der Waals surface area contributed by atoms with Crippen molar-refractivity contribution in [2.24, 2.45) is 5.41 Å². The molecule has 0 spiro atoms. The van der Waals surface area contributed by atoms with E-state index >= 15 is 0 Å². The summed E-state index contributed by atoms with van der Waals surface area (Å²) in [5.41, 5.74) is 7.85. The van der Waals surface area contributed by atoms with E-state index in [9.17, 15) is 33.6 Å². The minimum Gasteiger partial charge on any atom is -0.480 e. The van der Waals surface area contributed by atoms with E-state index in [0.717, 1.165) is 61.6 Å². The third kappa shape index (κ3) is 9.72. The average Bonchev–Trinajstić information content (AvgIpc) is 4.04. The molecule has 410 valence electrons. The van der Waals surface area contributed by atoms with Gasteiger partial charge in [0, 0.05) is 98.7 Å². The largest absolute Gasteiger partial charge is 0.480 e. The third-order valence-electron chi connectivity index (χ3n) is 16.4. The molecule has 6 aliphatic rings. The molecule has 0 bridgehead atoms. The predicted octanol–water partition coefficient (Wildman–Crippen LogP) is 5.68. The SMILES string of the molecule is COc1ncc(-c2ccnc(N3CCn4c(cc5c4CC(C)(C)C5)C3=O)c2[C@H](C)O)cc1Nc1ccc(N2CCN(C3CCN(c4ccc5c(c4)C(=O)N(C4CCC(=O)N(COP(=O)(O)O)C4=O)C5=O)[C@H](C)C3)C[C@@H]2C)cn1. The maximum Gasteiger partial charge on any atom is 0.471 e. The number of fused-ring (bicyclic) bond motifs is 4. The molecule has 5 aliphatic heterocycles. The number of aliphatic hydroxyl groups is 1. The van der Waals surface area contributed by atoms with Gasteiger partial charge in [0.05, 0.1) is 36.2 Å². The number of phosphoric ester groups is 1. The minimum atomic E-state index is -5.01. The van der Waals surface area contributed by atoms with Crippen LogP contribution in [-0.4, -0.2) is 149 Å². The van der Waals surface area contributed by atoms with E-state index in [-0.39, 0.29) is 47.4 Å². The van der Waals surface area contributed by atoms with Crippen molar-refractivity contribution in [3.8, 4) is 17.0 Å². The molecule has 5 atom stereocenters. The number of nitrogens with one attached hydrogen (secondary N) is 1. The quantitative estimate of drug-likeness (QED) is 0.0817. The second-order valence-electron chi connectivity index (χ2n) is 22.1. The first kappa shape index (κ1) is 53.0. The van der Waals surface area contributed by atoms with Gasteiger partial charge in [-0.15, -0.1) is 0 Å². The van der Waals surface area contributed by atoms with Crippen LogP contribution in [0.25, 0.3) is 11.1 Å². The summed E-state index contributed by atoms with van der Waals surface area (Å²) >= 11 is 0. The number of rotatable bonds is 13. The zero-order valence-electron chi connectivity index (χ0n) is 44.5. The first-order valence-corrected chi connectivity index (χ1v) is 28.0. The Morgan fingerprint density at radius 2 is 1.59 bits per heavy atom. The number of methoxy groups -OCH3 is 1. The lowest BCUT2D eigenvalue weighted by atomic mass is 9.90. The number of piperazine rings is 1. The molecule has 4 N–H and O–H groups in total. The van der Waals surface area contributed by atoms with Gasteiger partial charge in [-0.1, -0.05) is 13.8 Å². The lowest BCUT2D eigenvalue weighted by Gasteiger charge is -2.48. The monoisotopic (exact) mass is 1090 g/mol. The summed E-state index contributed by atoms with van der Waals surface area (Å²) < 4.78 is 23.5. The summed E-state index contributed by atoms with van der Waals surface area (Å²) in [5.74, 6) is -1.77. The number of anilines is 5. The Morgan fingerprint density at radius 1 is 0.821 bits per heavy atom. The fourth-order valence-electron chi connectivity index (χ4n) is 12.7. The van der Waals surface area contributed by atoms with E-state index in [2.05, 4.69) is 72.8 Å². The Bertz CT molecular complexity index is 3310. The standard InChI is InChI=1S/C55H64N11O11P/c1-31-21-36(14-16-61(31)37-7-9-40-41(24-37)52(70)66(51(40)69)43-10-12-47(68)65(53(43)71)30-77-78(73,74)75)60-17-18-62(32(2)29-60)38-8-11-46(57-28-38)59-42-22-35(27-58-50(42)76-6)39-13-15-56-49(48(39)33(3)67)64-20-19-63-44(54(64)72)23-34-25-55(4,5)26-45(34)63/h7-9,11,13,15,22-24,27-28,31-33,36,43,67H,10,12,14,16-21,25-26,29-30H2,1-6H3,(H,57,59)(H2,73,74,75)/t31-,32+,33+,36?,43?/m1/s1. The van der Waals surface area contributed by atoms with Crippen molar-refractivity contribution in [3.63, 3.8) is 0 Å². The van der Waals surface area contributed by atoms with Gasteiger partial charge in [0.2, 0.25) is 11.8 Å². The lowest BCUT2D eigenvalue weighted by molar-refractivity contribution is -0.155. The van der Waals surface area contributed by atoms with Gasteiger partial charge < -0.3 is 39.3 Å². The Hall–Kier alpha value is -7.07. The summed E-state index contributed by atoms with van der Waals surface area (Å²) in [6.45, 7) is 13.8. The number of aliphatic hydroxyl groups excluding tert-OH is 1. The number of aromatic nitrogens is 4.